The van der Waals surface area contributed by atoms with Crippen LogP contribution in [-0.2, 0) is 13.0 Å². The second-order valence-electron chi connectivity index (χ2n) is 4.25. The highest BCUT2D eigenvalue weighted by Gasteiger charge is 2.26. The van der Waals surface area contributed by atoms with Gasteiger partial charge in [0, 0.05) is 16.3 Å². The molecule has 1 aromatic heterocycles. The molecule has 1 aliphatic rings. The number of likely N-dealkylation sites (tertiary alicyclic amines) is 1. The summed E-state index contributed by atoms with van der Waals surface area (Å²) in [5.41, 5.74) is 5.77. The van der Waals surface area contributed by atoms with Crippen LogP contribution in [0.25, 0.3) is 0 Å². The third-order valence-corrected chi connectivity index (χ3v) is 4.60. The van der Waals surface area contributed by atoms with Crippen LogP contribution in [0.5, 0.6) is 0 Å². The number of thiocarbonyl (C=S) groups is 1. The Balaban J connectivity index is 2.00. The summed E-state index contributed by atoms with van der Waals surface area (Å²) in [7, 11) is 0. The molecule has 16 heavy (non-hydrogen) atoms. The first-order valence-corrected chi connectivity index (χ1v) is 7.04. The largest absolute Gasteiger partial charge is 0.392 e. The molecule has 0 bridgehead atoms. The van der Waals surface area contributed by atoms with Crippen molar-refractivity contribution in [2.24, 2.45) is 5.73 Å². The Morgan fingerprint density at radius 2 is 2.31 bits per heavy atom. The van der Waals surface area contributed by atoms with Crippen LogP contribution < -0.4 is 5.73 Å². The van der Waals surface area contributed by atoms with Gasteiger partial charge in [-0.25, -0.2) is 0 Å². The molecule has 88 valence electrons. The van der Waals surface area contributed by atoms with Gasteiger partial charge in [-0.2, -0.15) is 0 Å². The standard InChI is InChI=1S/C12H18N2S2/c1-2-9-5-6-10(16-9)8-14-7-3-4-11(14)12(13)15/h5-6,11H,2-4,7-8H2,1H3,(H2,13,15). The molecule has 1 fully saturated rings. The van der Waals surface area contributed by atoms with Gasteiger partial charge in [0.25, 0.3) is 0 Å². The van der Waals surface area contributed by atoms with E-state index in [2.05, 4.69) is 24.0 Å². The van der Waals surface area contributed by atoms with E-state index in [4.69, 9.17) is 18.0 Å². The maximum Gasteiger partial charge on any atom is 0.0902 e. The molecule has 2 heterocycles. The molecule has 0 saturated carbocycles. The Morgan fingerprint density at radius 1 is 1.56 bits per heavy atom. The molecular weight excluding hydrogens is 236 g/mol. The van der Waals surface area contributed by atoms with Crippen molar-refractivity contribution in [2.45, 2.75) is 38.8 Å². The van der Waals surface area contributed by atoms with Gasteiger partial charge in [0.15, 0.2) is 0 Å². The first-order chi connectivity index (χ1) is 7.70. The predicted octanol–water partition coefficient (Wildman–Crippen LogP) is 2.56. The van der Waals surface area contributed by atoms with E-state index in [1.54, 1.807) is 0 Å². The number of nitrogens with two attached hydrogens (primary N) is 1. The van der Waals surface area contributed by atoms with Crippen molar-refractivity contribution >= 4 is 28.5 Å². The van der Waals surface area contributed by atoms with Crippen molar-refractivity contribution in [3.8, 4) is 0 Å². The van der Waals surface area contributed by atoms with Crippen molar-refractivity contribution in [1.82, 2.24) is 4.90 Å². The van der Waals surface area contributed by atoms with Crippen molar-refractivity contribution in [2.75, 3.05) is 6.54 Å². The van der Waals surface area contributed by atoms with Gasteiger partial charge in [-0.3, -0.25) is 4.90 Å². The van der Waals surface area contributed by atoms with Gasteiger partial charge in [0.1, 0.15) is 0 Å². The van der Waals surface area contributed by atoms with Crippen molar-refractivity contribution in [3.05, 3.63) is 21.9 Å². The Labute approximate surface area is 106 Å². The Hall–Kier alpha value is -0.450. The zero-order valence-electron chi connectivity index (χ0n) is 9.61. The SMILES string of the molecule is CCc1ccc(CN2CCCC2C(N)=S)s1. The van der Waals surface area contributed by atoms with E-state index in [0.717, 1.165) is 25.9 Å². The van der Waals surface area contributed by atoms with E-state index in [0.29, 0.717) is 11.0 Å². The average Bonchev–Trinajstić information content (AvgIpc) is 2.87. The number of aryl methyl sites for hydroxylation is 1. The minimum Gasteiger partial charge on any atom is -0.392 e. The molecule has 2 N–H and O–H groups in total. The fourth-order valence-electron chi connectivity index (χ4n) is 2.24. The molecule has 2 rings (SSSR count). The Bertz CT molecular complexity index is 373. The highest BCUT2D eigenvalue weighted by Crippen LogP contribution is 2.24. The van der Waals surface area contributed by atoms with Crippen LogP contribution in [0.3, 0.4) is 0 Å². The summed E-state index contributed by atoms with van der Waals surface area (Å²) >= 11 is 7.02. The van der Waals surface area contributed by atoms with Gasteiger partial charge >= 0.3 is 0 Å². The second-order valence-corrected chi connectivity index (χ2v) is 5.98. The molecule has 1 aromatic rings. The van der Waals surface area contributed by atoms with Gasteiger partial charge in [0.05, 0.1) is 11.0 Å². The molecule has 4 heteroatoms. The van der Waals surface area contributed by atoms with Gasteiger partial charge in [-0.05, 0) is 37.9 Å². The molecule has 2 nitrogen and oxygen atoms in total. The highest BCUT2D eigenvalue weighted by atomic mass is 32.1. The molecule has 1 atom stereocenters. The van der Waals surface area contributed by atoms with Crippen LogP contribution in [0.4, 0.5) is 0 Å². The number of rotatable bonds is 4. The summed E-state index contributed by atoms with van der Waals surface area (Å²) in [6, 6.07) is 4.78. The number of thiophene rings is 1. The summed E-state index contributed by atoms with van der Waals surface area (Å²) in [6.45, 7) is 4.33. The normalized spacial score (nSPS) is 21.4. The zero-order chi connectivity index (χ0) is 11.5. The average molecular weight is 254 g/mol. The third kappa shape index (κ3) is 2.62. The maximum atomic E-state index is 5.77. The first-order valence-electron chi connectivity index (χ1n) is 5.81. The molecule has 1 aliphatic heterocycles. The summed E-state index contributed by atoms with van der Waals surface area (Å²) in [4.78, 5) is 5.96. The van der Waals surface area contributed by atoms with Crippen LogP contribution in [0.2, 0.25) is 0 Å². The van der Waals surface area contributed by atoms with Crippen molar-refractivity contribution in [1.29, 1.82) is 0 Å². The van der Waals surface area contributed by atoms with Gasteiger partial charge in [-0.1, -0.05) is 19.1 Å². The summed E-state index contributed by atoms with van der Waals surface area (Å²) < 4.78 is 0. The lowest BCUT2D eigenvalue weighted by atomic mass is 10.2. The zero-order valence-corrected chi connectivity index (χ0v) is 11.2. The number of nitrogens with zero attached hydrogens (tertiary/aromatic N) is 1. The lowest BCUT2D eigenvalue weighted by molar-refractivity contribution is 0.298. The van der Waals surface area contributed by atoms with Crippen LogP contribution in [-0.4, -0.2) is 22.5 Å². The summed E-state index contributed by atoms with van der Waals surface area (Å²) in [6.07, 6.45) is 3.47. The summed E-state index contributed by atoms with van der Waals surface area (Å²) in [5, 5.41) is 0. The molecule has 0 radical (unpaired) electrons. The van der Waals surface area contributed by atoms with Crippen LogP contribution in [0, 0.1) is 0 Å². The quantitative estimate of drug-likeness (QED) is 0.837. The van der Waals surface area contributed by atoms with E-state index in [-0.39, 0.29) is 0 Å². The Morgan fingerprint density at radius 3 is 2.94 bits per heavy atom. The van der Waals surface area contributed by atoms with E-state index >= 15 is 0 Å². The van der Waals surface area contributed by atoms with E-state index in [9.17, 15) is 0 Å². The van der Waals surface area contributed by atoms with Crippen LogP contribution >= 0.6 is 23.6 Å². The number of hydrogen-bond donors (Lipinski definition) is 1. The minimum atomic E-state index is 0.321. The second kappa shape index (κ2) is 5.25. The molecule has 0 aliphatic carbocycles. The third-order valence-electron chi connectivity index (χ3n) is 3.12. The maximum absolute atomic E-state index is 5.77. The smallest absolute Gasteiger partial charge is 0.0902 e. The van der Waals surface area contributed by atoms with E-state index in [1.807, 2.05) is 11.3 Å². The number of hydrogen-bond acceptors (Lipinski definition) is 3. The molecule has 1 unspecified atom stereocenters. The molecule has 1 saturated heterocycles. The summed E-state index contributed by atoms with van der Waals surface area (Å²) in [5.74, 6) is 0. The fourth-order valence-corrected chi connectivity index (χ4v) is 3.49. The predicted molar refractivity (Wildman–Crippen MR) is 73.9 cm³/mol. The van der Waals surface area contributed by atoms with Crippen LogP contribution in [0.15, 0.2) is 12.1 Å². The monoisotopic (exact) mass is 254 g/mol. The van der Waals surface area contributed by atoms with Crippen molar-refractivity contribution in [3.63, 3.8) is 0 Å². The first kappa shape index (κ1) is 12.0. The van der Waals surface area contributed by atoms with Gasteiger partial charge in [0.2, 0.25) is 0 Å². The lowest BCUT2D eigenvalue weighted by Crippen LogP contribution is -2.38. The topological polar surface area (TPSA) is 29.3 Å². The van der Waals surface area contributed by atoms with Gasteiger partial charge in [-0.15, -0.1) is 11.3 Å². The lowest BCUT2D eigenvalue weighted by Gasteiger charge is -2.22. The molecule has 0 aromatic carbocycles. The van der Waals surface area contributed by atoms with Gasteiger partial charge < -0.3 is 5.73 Å². The molecule has 0 amide bonds. The minimum absolute atomic E-state index is 0.321. The van der Waals surface area contributed by atoms with Crippen LogP contribution in [0.1, 0.15) is 29.5 Å². The molecule has 0 spiro atoms. The van der Waals surface area contributed by atoms with E-state index < -0.39 is 0 Å². The Kier molecular flexibility index (Phi) is 3.95. The van der Waals surface area contributed by atoms with Crippen molar-refractivity contribution < 1.29 is 0 Å². The van der Waals surface area contributed by atoms with E-state index in [1.165, 1.54) is 16.2 Å². The molecular formula is C12H18N2S2. The fraction of sp³-hybridized carbons (Fsp3) is 0.583. The highest BCUT2D eigenvalue weighted by molar-refractivity contribution is 7.80.